The van der Waals surface area contributed by atoms with Gasteiger partial charge in [-0.1, -0.05) is 30.3 Å². The van der Waals surface area contributed by atoms with E-state index in [-0.39, 0.29) is 6.61 Å². The molecule has 0 aromatic heterocycles. The van der Waals surface area contributed by atoms with Crippen molar-refractivity contribution in [2.75, 3.05) is 12.0 Å². The monoisotopic (exact) mass is 347 g/mol. The van der Waals surface area contributed by atoms with Gasteiger partial charge in [-0.25, -0.2) is 8.78 Å². The molecule has 25 heavy (non-hydrogen) atoms. The molecule has 1 amide bonds. The van der Waals surface area contributed by atoms with Gasteiger partial charge in [-0.05, 0) is 29.8 Å². The first-order valence-electron chi connectivity index (χ1n) is 7.92. The SMILES string of the molecule is COc1ccc(N2C(=O)[C@@H](OCc3ccccc3)[C@H]2C(C)(F)F)cc1. The zero-order valence-electron chi connectivity index (χ0n) is 14.0. The quantitative estimate of drug-likeness (QED) is 0.749. The number of hydrogen-bond donors (Lipinski definition) is 0. The average molecular weight is 347 g/mol. The van der Waals surface area contributed by atoms with Crippen LogP contribution < -0.4 is 9.64 Å². The molecule has 2 atom stereocenters. The highest BCUT2D eigenvalue weighted by Gasteiger charge is 2.59. The third-order valence-corrected chi connectivity index (χ3v) is 4.19. The standard InChI is InChI=1S/C19H19F2NO3/c1-19(20,21)17-16(25-12-13-6-4-3-5-7-13)18(23)22(17)14-8-10-15(24-2)11-9-14/h3-11,16-17H,12H2,1-2H3/t16-,17-/m0/s1. The number of ether oxygens (including phenoxy) is 2. The molecule has 0 radical (unpaired) electrons. The number of alkyl halides is 2. The number of amides is 1. The lowest BCUT2D eigenvalue weighted by molar-refractivity contribution is -0.160. The van der Waals surface area contributed by atoms with E-state index in [2.05, 4.69) is 0 Å². The Morgan fingerprint density at radius 3 is 2.28 bits per heavy atom. The summed E-state index contributed by atoms with van der Waals surface area (Å²) in [6, 6.07) is 14.3. The van der Waals surface area contributed by atoms with Crippen molar-refractivity contribution in [1.29, 1.82) is 0 Å². The van der Waals surface area contributed by atoms with Crippen molar-refractivity contribution in [3.05, 3.63) is 60.2 Å². The highest BCUT2D eigenvalue weighted by atomic mass is 19.3. The van der Waals surface area contributed by atoms with Gasteiger partial charge in [0.15, 0.2) is 6.10 Å². The molecule has 0 aliphatic carbocycles. The Kier molecular flexibility index (Phi) is 4.72. The molecule has 2 aromatic rings. The fourth-order valence-corrected chi connectivity index (χ4v) is 2.91. The van der Waals surface area contributed by atoms with Crippen LogP contribution in [0.25, 0.3) is 0 Å². The number of benzene rings is 2. The predicted molar refractivity (Wildman–Crippen MR) is 89.9 cm³/mol. The predicted octanol–water partition coefficient (Wildman–Crippen LogP) is 3.65. The van der Waals surface area contributed by atoms with Gasteiger partial charge in [0.2, 0.25) is 0 Å². The molecule has 0 saturated carbocycles. The maximum absolute atomic E-state index is 14.1. The van der Waals surface area contributed by atoms with Crippen molar-refractivity contribution in [1.82, 2.24) is 0 Å². The number of anilines is 1. The number of hydrogen-bond acceptors (Lipinski definition) is 3. The van der Waals surface area contributed by atoms with Crippen molar-refractivity contribution < 1.29 is 23.0 Å². The zero-order chi connectivity index (χ0) is 18.0. The third-order valence-electron chi connectivity index (χ3n) is 4.19. The van der Waals surface area contributed by atoms with Gasteiger partial charge in [-0.2, -0.15) is 0 Å². The molecular weight excluding hydrogens is 328 g/mol. The maximum atomic E-state index is 14.1. The number of halogens is 2. The van der Waals surface area contributed by atoms with Gasteiger partial charge in [0, 0.05) is 12.6 Å². The van der Waals surface area contributed by atoms with E-state index in [1.165, 1.54) is 7.11 Å². The van der Waals surface area contributed by atoms with Crippen LogP contribution >= 0.6 is 0 Å². The molecule has 3 rings (SSSR count). The zero-order valence-corrected chi connectivity index (χ0v) is 14.0. The lowest BCUT2D eigenvalue weighted by Crippen LogP contribution is -2.71. The molecule has 0 N–H and O–H groups in total. The molecule has 1 fully saturated rings. The fourth-order valence-electron chi connectivity index (χ4n) is 2.91. The van der Waals surface area contributed by atoms with Crippen LogP contribution in [-0.2, 0) is 16.1 Å². The van der Waals surface area contributed by atoms with Gasteiger partial charge >= 0.3 is 0 Å². The van der Waals surface area contributed by atoms with E-state index in [0.717, 1.165) is 17.4 Å². The summed E-state index contributed by atoms with van der Waals surface area (Å²) in [5.74, 6) is -2.96. The normalized spacial score (nSPS) is 20.3. The minimum atomic E-state index is -3.09. The Morgan fingerprint density at radius 1 is 1.08 bits per heavy atom. The second-order valence-corrected chi connectivity index (χ2v) is 6.02. The summed E-state index contributed by atoms with van der Waals surface area (Å²) in [4.78, 5) is 13.5. The van der Waals surface area contributed by atoms with Crippen molar-refractivity contribution in [2.45, 2.75) is 31.6 Å². The highest BCUT2D eigenvalue weighted by Crippen LogP contribution is 2.39. The Hall–Kier alpha value is -2.47. The number of β-lactam (4-membered cyclic amide) rings is 1. The van der Waals surface area contributed by atoms with Gasteiger partial charge < -0.3 is 9.47 Å². The molecular formula is C19H19F2NO3. The minimum absolute atomic E-state index is 0.111. The third kappa shape index (κ3) is 3.49. The Balaban J connectivity index is 1.77. The van der Waals surface area contributed by atoms with Crippen molar-refractivity contribution in [3.63, 3.8) is 0 Å². The summed E-state index contributed by atoms with van der Waals surface area (Å²) < 4.78 is 38.8. The van der Waals surface area contributed by atoms with Crippen LogP contribution in [0.5, 0.6) is 5.75 Å². The van der Waals surface area contributed by atoms with Gasteiger partial charge in [-0.3, -0.25) is 9.69 Å². The Labute approximate surface area is 145 Å². The highest BCUT2D eigenvalue weighted by molar-refractivity contribution is 6.05. The second kappa shape index (κ2) is 6.80. The van der Waals surface area contributed by atoms with Crippen molar-refractivity contribution in [2.24, 2.45) is 0 Å². The smallest absolute Gasteiger partial charge is 0.268 e. The molecule has 1 saturated heterocycles. The largest absolute Gasteiger partial charge is 0.497 e. The molecule has 132 valence electrons. The van der Waals surface area contributed by atoms with Crippen LogP contribution in [0.4, 0.5) is 14.5 Å². The second-order valence-electron chi connectivity index (χ2n) is 6.02. The number of rotatable bonds is 6. The summed E-state index contributed by atoms with van der Waals surface area (Å²) in [7, 11) is 1.51. The van der Waals surface area contributed by atoms with Crippen LogP contribution in [0.15, 0.2) is 54.6 Å². The van der Waals surface area contributed by atoms with Crippen LogP contribution in [0.3, 0.4) is 0 Å². The average Bonchev–Trinajstić information content (AvgIpc) is 2.60. The summed E-state index contributed by atoms with van der Waals surface area (Å²) in [6.07, 6.45) is -1.16. The van der Waals surface area contributed by atoms with Crippen LogP contribution in [-0.4, -0.2) is 31.1 Å². The van der Waals surface area contributed by atoms with Gasteiger partial charge in [0.25, 0.3) is 11.8 Å². The first kappa shape index (κ1) is 17.4. The van der Waals surface area contributed by atoms with E-state index < -0.39 is 24.0 Å². The van der Waals surface area contributed by atoms with Crippen LogP contribution in [0.2, 0.25) is 0 Å². The van der Waals surface area contributed by atoms with E-state index in [9.17, 15) is 13.6 Å². The van der Waals surface area contributed by atoms with E-state index in [0.29, 0.717) is 11.4 Å². The lowest BCUT2D eigenvalue weighted by atomic mass is 9.91. The van der Waals surface area contributed by atoms with E-state index in [4.69, 9.17) is 9.47 Å². The van der Waals surface area contributed by atoms with Gasteiger partial charge in [0.1, 0.15) is 11.8 Å². The summed E-state index contributed by atoms with van der Waals surface area (Å²) in [5.41, 5.74) is 1.23. The molecule has 4 nitrogen and oxygen atoms in total. The molecule has 0 bridgehead atoms. The summed E-state index contributed by atoms with van der Waals surface area (Å²) >= 11 is 0. The van der Waals surface area contributed by atoms with E-state index >= 15 is 0 Å². The first-order chi connectivity index (χ1) is 11.9. The molecule has 2 aromatic carbocycles. The molecule has 1 heterocycles. The number of carbonyl (C=O) groups is 1. The summed E-state index contributed by atoms with van der Waals surface area (Å²) in [5, 5.41) is 0. The van der Waals surface area contributed by atoms with Crippen molar-refractivity contribution in [3.8, 4) is 5.75 Å². The van der Waals surface area contributed by atoms with Gasteiger partial charge in [-0.15, -0.1) is 0 Å². The molecule has 0 spiro atoms. The molecule has 6 heteroatoms. The number of carbonyl (C=O) groups excluding carboxylic acids is 1. The first-order valence-corrected chi connectivity index (χ1v) is 7.92. The minimum Gasteiger partial charge on any atom is -0.497 e. The topological polar surface area (TPSA) is 38.8 Å². The lowest BCUT2D eigenvalue weighted by Gasteiger charge is -2.48. The number of nitrogens with zero attached hydrogens (tertiary/aromatic N) is 1. The van der Waals surface area contributed by atoms with Crippen LogP contribution in [0, 0.1) is 0 Å². The Bertz CT molecular complexity index is 729. The van der Waals surface area contributed by atoms with E-state index in [1.807, 2.05) is 30.3 Å². The van der Waals surface area contributed by atoms with Crippen LogP contribution in [0.1, 0.15) is 12.5 Å². The molecule has 0 unspecified atom stereocenters. The maximum Gasteiger partial charge on any atom is 0.268 e. The van der Waals surface area contributed by atoms with Gasteiger partial charge in [0.05, 0.1) is 13.7 Å². The summed E-state index contributed by atoms with van der Waals surface area (Å²) in [6.45, 7) is 0.916. The fraction of sp³-hybridized carbons (Fsp3) is 0.316. The van der Waals surface area contributed by atoms with Crippen molar-refractivity contribution >= 4 is 11.6 Å². The van der Waals surface area contributed by atoms with E-state index in [1.54, 1.807) is 24.3 Å². The molecule has 1 aliphatic heterocycles. The number of methoxy groups -OCH3 is 1. The Morgan fingerprint density at radius 2 is 1.72 bits per heavy atom. The molecule has 1 aliphatic rings.